The minimum Gasteiger partial charge on any atom is -0.457 e. The van der Waals surface area contributed by atoms with Gasteiger partial charge >= 0.3 is 0 Å². The van der Waals surface area contributed by atoms with Crippen LogP contribution < -0.4 is 4.74 Å². The molecule has 1 aliphatic heterocycles. The summed E-state index contributed by atoms with van der Waals surface area (Å²) in [5.41, 5.74) is 16.2. The van der Waals surface area contributed by atoms with E-state index in [2.05, 4.69) is 146 Å². The largest absolute Gasteiger partial charge is 0.457 e. The zero-order chi connectivity index (χ0) is 38.6. The molecule has 2 heterocycles. The molecule has 0 radical (unpaired) electrons. The number of ether oxygens (including phenoxy) is 1. The van der Waals surface area contributed by atoms with Crippen molar-refractivity contribution in [3.05, 3.63) is 228 Å². The van der Waals surface area contributed by atoms with Crippen molar-refractivity contribution in [3.8, 4) is 84.9 Å². The first-order chi connectivity index (χ1) is 28.7. The van der Waals surface area contributed by atoms with Gasteiger partial charge in [-0.15, -0.1) is 0 Å². The molecule has 4 nitrogen and oxygen atoms in total. The monoisotopic (exact) mass is 739 g/mol. The Labute approximate surface area is 337 Å². The van der Waals surface area contributed by atoms with E-state index in [9.17, 15) is 5.26 Å². The Kier molecular flexibility index (Phi) is 7.74. The van der Waals surface area contributed by atoms with Crippen LogP contribution in [0.1, 0.15) is 27.8 Å². The third-order valence-electron chi connectivity index (χ3n) is 11.6. The van der Waals surface area contributed by atoms with E-state index in [4.69, 9.17) is 14.7 Å². The Morgan fingerprint density at radius 1 is 0.379 bits per heavy atom. The van der Waals surface area contributed by atoms with Gasteiger partial charge in [0.05, 0.1) is 28.4 Å². The molecule has 0 amide bonds. The predicted molar refractivity (Wildman–Crippen MR) is 231 cm³/mol. The Hall–Kier alpha value is -7.87. The molecule has 0 atom stereocenters. The standard InChI is InChI=1S/C54H33N3O/c55-34-35-19-21-36(22-20-35)37-23-25-38(26-24-37)41-27-29-47-51(31-41)58-52-32-42(28-30-48(52)54(47)45-17-9-7-15-43(45)44-16-8-10-18-46(44)54)50-33-49(39-11-3-1-4-12-39)56-53(57-50)40-13-5-2-6-14-40/h1-33H. The number of aromatic nitrogens is 2. The van der Waals surface area contributed by atoms with Crippen molar-refractivity contribution in [3.63, 3.8) is 0 Å². The molecule has 0 saturated heterocycles. The van der Waals surface area contributed by atoms with Gasteiger partial charge in [-0.05, 0) is 74.8 Å². The molecule has 58 heavy (non-hydrogen) atoms. The van der Waals surface area contributed by atoms with Crippen molar-refractivity contribution in [1.29, 1.82) is 5.26 Å². The Bertz CT molecular complexity index is 2970. The minimum atomic E-state index is -0.595. The molecule has 11 rings (SSSR count). The van der Waals surface area contributed by atoms with Crippen molar-refractivity contribution in [2.75, 3.05) is 0 Å². The Morgan fingerprint density at radius 3 is 1.41 bits per heavy atom. The summed E-state index contributed by atoms with van der Waals surface area (Å²) >= 11 is 0. The van der Waals surface area contributed by atoms with E-state index in [1.54, 1.807) is 0 Å². The summed E-state index contributed by atoms with van der Waals surface area (Å²) < 4.78 is 7.09. The van der Waals surface area contributed by atoms with Crippen LogP contribution in [0.4, 0.5) is 0 Å². The molecule has 270 valence electrons. The highest BCUT2D eigenvalue weighted by molar-refractivity contribution is 5.89. The van der Waals surface area contributed by atoms with Crippen LogP contribution in [-0.4, -0.2) is 9.97 Å². The number of nitriles is 1. The van der Waals surface area contributed by atoms with Crippen LogP contribution in [0.25, 0.3) is 67.3 Å². The lowest BCUT2D eigenvalue weighted by Gasteiger charge is -2.39. The van der Waals surface area contributed by atoms with Crippen LogP contribution in [0.5, 0.6) is 11.5 Å². The molecule has 9 aromatic rings. The average molecular weight is 740 g/mol. The SMILES string of the molecule is N#Cc1ccc(-c2ccc(-c3ccc4c(c3)Oc3cc(-c5cc(-c6ccccc6)nc(-c6ccccc6)n5)ccc3C43c4ccccc4-c4ccccc43)cc2)cc1. The fourth-order valence-electron chi connectivity index (χ4n) is 8.91. The maximum absolute atomic E-state index is 9.26. The summed E-state index contributed by atoms with van der Waals surface area (Å²) in [5.74, 6) is 2.29. The van der Waals surface area contributed by atoms with Gasteiger partial charge in [0.1, 0.15) is 11.5 Å². The van der Waals surface area contributed by atoms with Gasteiger partial charge < -0.3 is 4.74 Å². The smallest absolute Gasteiger partial charge is 0.160 e. The summed E-state index contributed by atoms with van der Waals surface area (Å²) in [7, 11) is 0. The molecule has 8 aromatic carbocycles. The Morgan fingerprint density at radius 2 is 0.828 bits per heavy atom. The first-order valence-corrected chi connectivity index (χ1v) is 19.4. The molecule has 1 aliphatic carbocycles. The third-order valence-corrected chi connectivity index (χ3v) is 11.6. The molecular formula is C54H33N3O. The van der Waals surface area contributed by atoms with Crippen LogP contribution in [-0.2, 0) is 5.41 Å². The average Bonchev–Trinajstić information content (AvgIpc) is 3.59. The van der Waals surface area contributed by atoms with Gasteiger partial charge in [-0.1, -0.05) is 170 Å². The second-order valence-electron chi connectivity index (χ2n) is 14.8. The van der Waals surface area contributed by atoms with Gasteiger partial charge in [-0.25, -0.2) is 9.97 Å². The lowest BCUT2D eigenvalue weighted by Crippen LogP contribution is -2.32. The minimum absolute atomic E-state index is 0.595. The van der Waals surface area contributed by atoms with Gasteiger partial charge in [-0.2, -0.15) is 5.26 Å². The maximum atomic E-state index is 9.26. The van der Waals surface area contributed by atoms with Crippen LogP contribution >= 0.6 is 0 Å². The summed E-state index contributed by atoms with van der Waals surface area (Å²) in [5, 5.41) is 9.26. The summed E-state index contributed by atoms with van der Waals surface area (Å²) in [6.45, 7) is 0. The highest BCUT2D eigenvalue weighted by atomic mass is 16.5. The number of nitrogens with zero attached hydrogens (tertiary/aromatic N) is 3. The van der Waals surface area contributed by atoms with Crippen molar-refractivity contribution in [2.24, 2.45) is 0 Å². The highest BCUT2D eigenvalue weighted by Gasteiger charge is 2.51. The molecular weight excluding hydrogens is 707 g/mol. The molecule has 0 fully saturated rings. The molecule has 4 heteroatoms. The predicted octanol–water partition coefficient (Wildman–Crippen LogP) is 13.2. The lowest BCUT2D eigenvalue weighted by molar-refractivity contribution is 0.437. The number of hydrogen-bond acceptors (Lipinski definition) is 4. The van der Waals surface area contributed by atoms with Gasteiger partial charge in [0.15, 0.2) is 5.82 Å². The number of benzene rings is 8. The highest BCUT2D eigenvalue weighted by Crippen LogP contribution is 2.62. The first-order valence-electron chi connectivity index (χ1n) is 19.4. The fraction of sp³-hybridized carbons (Fsp3) is 0.0185. The second-order valence-corrected chi connectivity index (χ2v) is 14.8. The molecule has 0 bridgehead atoms. The third kappa shape index (κ3) is 5.29. The van der Waals surface area contributed by atoms with Crippen molar-refractivity contribution < 1.29 is 4.74 Å². The molecule has 1 spiro atoms. The second kappa shape index (κ2) is 13.4. The van der Waals surface area contributed by atoms with Crippen LogP contribution in [0, 0.1) is 11.3 Å². The first kappa shape index (κ1) is 33.5. The van der Waals surface area contributed by atoms with Crippen LogP contribution in [0.2, 0.25) is 0 Å². The number of fused-ring (bicyclic) bond motifs is 9. The molecule has 0 N–H and O–H groups in total. The van der Waals surface area contributed by atoms with Gasteiger partial charge in [-0.3, -0.25) is 0 Å². The van der Waals surface area contributed by atoms with E-state index in [0.29, 0.717) is 11.4 Å². The van der Waals surface area contributed by atoms with E-state index in [0.717, 1.165) is 73.0 Å². The molecule has 0 unspecified atom stereocenters. The quantitative estimate of drug-likeness (QED) is 0.176. The van der Waals surface area contributed by atoms with Crippen molar-refractivity contribution in [1.82, 2.24) is 9.97 Å². The number of rotatable bonds is 5. The summed E-state index contributed by atoms with van der Waals surface area (Å²) in [6.07, 6.45) is 0. The molecule has 2 aliphatic rings. The van der Waals surface area contributed by atoms with E-state index in [1.807, 2.05) is 60.7 Å². The van der Waals surface area contributed by atoms with E-state index in [-0.39, 0.29) is 0 Å². The lowest BCUT2D eigenvalue weighted by atomic mass is 9.66. The number of hydrogen-bond donors (Lipinski definition) is 0. The van der Waals surface area contributed by atoms with Gasteiger partial charge in [0.2, 0.25) is 0 Å². The van der Waals surface area contributed by atoms with Crippen LogP contribution in [0.15, 0.2) is 200 Å². The molecule has 1 aromatic heterocycles. The van der Waals surface area contributed by atoms with Crippen molar-refractivity contribution in [2.45, 2.75) is 5.41 Å². The zero-order valence-corrected chi connectivity index (χ0v) is 31.3. The van der Waals surface area contributed by atoms with Gasteiger partial charge in [0, 0.05) is 27.8 Å². The van der Waals surface area contributed by atoms with Gasteiger partial charge in [0.25, 0.3) is 0 Å². The maximum Gasteiger partial charge on any atom is 0.160 e. The van der Waals surface area contributed by atoms with E-state index >= 15 is 0 Å². The van der Waals surface area contributed by atoms with E-state index < -0.39 is 5.41 Å². The normalized spacial score (nSPS) is 12.7. The van der Waals surface area contributed by atoms with E-state index in [1.165, 1.54) is 22.3 Å². The zero-order valence-electron chi connectivity index (χ0n) is 31.3. The Balaban J connectivity index is 1.08. The summed E-state index contributed by atoms with van der Waals surface area (Å²) in [6, 6.07) is 71.9. The molecule has 0 saturated carbocycles. The summed E-state index contributed by atoms with van der Waals surface area (Å²) in [4.78, 5) is 10.2. The topological polar surface area (TPSA) is 58.8 Å². The van der Waals surface area contributed by atoms with Crippen molar-refractivity contribution >= 4 is 0 Å². The fourth-order valence-corrected chi connectivity index (χ4v) is 8.91. The van der Waals surface area contributed by atoms with Crippen LogP contribution in [0.3, 0.4) is 0 Å².